The van der Waals surface area contributed by atoms with Crippen LogP contribution in [0.2, 0.25) is 0 Å². The Bertz CT molecular complexity index is 217. The molecule has 0 bridgehead atoms. The lowest BCUT2D eigenvalue weighted by Gasteiger charge is -2.14. The molecule has 0 saturated carbocycles. The van der Waals surface area contributed by atoms with Gasteiger partial charge in [0.15, 0.2) is 0 Å². The zero-order valence-electron chi connectivity index (χ0n) is 7.66. The Morgan fingerprint density at radius 1 is 1.62 bits per heavy atom. The fourth-order valence-corrected chi connectivity index (χ4v) is 1.44. The van der Waals surface area contributed by atoms with Crippen LogP contribution in [-0.2, 0) is 9.53 Å². The summed E-state index contributed by atoms with van der Waals surface area (Å²) in [5, 5.41) is 0. The highest BCUT2D eigenvalue weighted by molar-refractivity contribution is 5.76. The maximum atomic E-state index is 11.2. The standard InChI is InChI=1S/C8H14N2O3/c1-2-7(11)10-4-3-6(5-10)13-8(9)12/h6H,2-5H2,1H3,(H2,9,12)/t6-/m1/s1. The number of rotatable bonds is 2. The molecule has 0 aromatic carbocycles. The molecular formula is C8H14N2O3. The molecule has 0 aromatic rings. The second-order valence-electron chi connectivity index (χ2n) is 3.04. The second kappa shape index (κ2) is 4.11. The first-order chi connectivity index (χ1) is 6.13. The summed E-state index contributed by atoms with van der Waals surface area (Å²) >= 11 is 0. The van der Waals surface area contributed by atoms with Gasteiger partial charge in [-0.05, 0) is 0 Å². The van der Waals surface area contributed by atoms with Crippen molar-refractivity contribution in [2.24, 2.45) is 5.73 Å². The third-order valence-corrected chi connectivity index (χ3v) is 2.08. The van der Waals surface area contributed by atoms with E-state index >= 15 is 0 Å². The maximum Gasteiger partial charge on any atom is 0.404 e. The van der Waals surface area contributed by atoms with Gasteiger partial charge in [0.2, 0.25) is 5.91 Å². The molecule has 1 aliphatic heterocycles. The average Bonchev–Trinajstić information content (AvgIpc) is 2.50. The lowest BCUT2D eigenvalue weighted by Crippen LogP contribution is -2.31. The molecule has 1 saturated heterocycles. The van der Waals surface area contributed by atoms with Crippen LogP contribution in [0.15, 0.2) is 0 Å². The van der Waals surface area contributed by atoms with E-state index in [4.69, 9.17) is 10.5 Å². The molecule has 5 heteroatoms. The van der Waals surface area contributed by atoms with E-state index in [9.17, 15) is 9.59 Å². The minimum absolute atomic E-state index is 0.0931. The van der Waals surface area contributed by atoms with Crippen molar-refractivity contribution < 1.29 is 14.3 Å². The van der Waals surface area contributed by atoms with Gasteiger partial charge in [-0.1, -0.05) is 6.92 Å². The number of primary amides is 1. The van der Waals surface area contributed by atoms with Crippen LogP contribution in [0.25, 0.3) is 0 Å². The molecule has 1 heterocycles. The predicted octanol–water partition coefficient (Wildman–Crippen LogP) is 0.0926. The fourth-order valence-electron chi connectivity index (χ4n) is 1.44. The first-order valence-corrected chi connectivity index (χ1v) is 4.37. The van der Waals surface area contributed by atoms with E-state index in [1.165, 1.54) is 0 Å². The first-order valence-electron chi connectivity index (χ1n) is 4.37. The minimum atomic E-state index is -0.768. The number of ether oxygens (including phenoxy) is 1. The quantitative estimate of drug-likeness (QED) is 0.664. The summed E-state index contributed by atoms with van der Waals surface area (Å²) in [5.41, 5.74) is 4.86. The number of carbonyl (C=O) groups is 2. The van der Waals surface area contributed by atoms with Crippen molar-refractivity contribution in [3.63, 3.8) is 0 Å². The third kappa shape index (κ3) is 2.61. The number of carbonyl (C=O) groups excluding carboxylic acids is 2. The van der Waals surface area contributed by atoms with Crippen LogP contribution in [0.5, 0.6) is 0 Å². The maximum absolute atomic E-state index is 11.2. The van der Waals surface area contributed by atoms with E-state index in [0.29, 0.717) is 25.9 Å². The van der Waals surface area contributed by atoms with Gasteiger partial charge in [-0.3, -0.25) is 4.79 Å². The Morgan fingerprint density at radius 3 is 2.85 bits per heavy atom. The van der Waals surface area contributed by atoms with Crippen LogP contribution < -0.4 is 5.73 Å². The van der Waals surface area contributed by atoms with Crippen molar-refractivity contribution in [2.75, 3.05) is 13.1 Å². The highest BCUT2D eigenvalue weighted by Crippen LogP contribution is 2.13. The van der Waals surface area contributed by atoms with Crippen molar-refractivity contribution in [3.8, 4) is 0 Å². The summed E-state index contributed by atoms with van der Waals surface area (Å²) in [6.45, 7) is 2.95. The lowest BCUT2D eigenvalue weighted by molar-refractivity contribution is -0.130. The van der Waals surface area contributed by atoms with Crippen LogP contribution >= 0.6 is 0 Å². The van der Waals surface area contributed by atoms with Crippen LogP contribution in [0, 0.1) is 0 Å². The smallest absolute Gasteiger partial charge is 0.404 e. The van der Waals surface area contributed by atoms with Gasteiger partial charge in [0.05, 0.1) is 6.54 Å². The fraction of sp³-hybridized carbons (Fsp3) is 0.750. The van der Waals surface area contributed by atoms with Gasteiger partial charge in [0.25, 0.3) is 0 Å². The molecule has 2 amide bonds. The van der Waals surface area contributed by atoms with Crippen molar-refractivity contribution in [1.82, 2.24) is 4.90 Å². The molecule has 0 radical (unpaired) electrons. The number of hydrogen-bond acceptors (Lipinski definition) is 3. The Hall–Kier alpha value is -1.26. The second-order valence-corrected chi connectivity index (χ2v) is 3.04. The van der Waals surface area contributed by atoms with E-state index in [1.807, 2.05) is 6.92 Å². The van der Waals surface area contributed by atoms with Crippen LogP contribution in [0.1, 0.15) is 19.8 Å². The van der Waals surface area contributed by atoms with Crippen molar-refractivity contribution in [2.45, 2.75) is 25.9 Å². The summed E-state index contributed by atoms with van der Waals surface area (Å²) in [5.74, 6) is 0.0931. The Morgan fingerprint density at radius 2 is 2.31 bits per heavy atom. The summed E-state index contributed by atoms with van der Waals surface area (Å²) in [7, 11) is 0. The molecule has 0 unspecified atom stereocenters. The first kappa shape index (κ1) is 9.83. The molecule has 13 heavy (non-hydrogen) atoms. The number of amides is 2. The van der Waals surface area contributed by atoms with Crippen LogP contribution in [-0.4, -0.2) is 36.1 Å². The lowest BCUT2D eigenvalue weighted by atomic mass is 10.3. The molecule has 1 rings (SSSR count). The summed E-state index contributed by atoms with van der Waals surface area (Å²) < 4.78 is 4.78. The SMILES string of the molecule is CCC(=O)N1CC[C@@H](OC(N)=O)C1. The molecule has 2 N–H and O–H groups in total. The normalized spacial score (nSPS) is 21.6. The summed E-state index contributed by atoms with van der Waals surface area (Å²) in [6, 6.07) is 0. The molecule has 0 aliphatic carbocycles. The number of nitrogens with two attached hydrogens (primary N) is 1. The molecular weight excluding hydrogens is 172 g/mol. The molecule has 0 spiro atoms. The zero-order chi connectivity index (χ0) is 9.84. The summed E-state index contributed by atoms with van der Waals surface area (Å²) in [4.78, 5) is 23.3. The Balaban J connectivity index is 2.36. The van der Waals surface area contributed by atoms with E-state index in [2.05, 4.69) is 0 Å². The summed E-state index contributed by atoms with van der Waals surface area (Å²) in [6.07, 6.45) is 0.196. The minimum Gasteiger partial charge on any atom is -0.444 e. The van der Waals surface area contributed by atoms with Gasteiger partial charge in [0, 0.05) is 19.4 Å². The zero-order valence-corrected chi connectivity index (χ0v) is 7.66. The van der Waals surface area contributed by atoms with E-state index in [1.54, 1.807) is 4.90 Å². The van der Waals surface area contributed by atoms with Gasteiger partial charge < -0.3 is 15.4 Å². The van der Waals surface area contributed by atoms with Gasteiger partial charge in [-0.25, -0.2) is 4.79 Å². The predicted molar refractivity (Wildman–Crippen MR) is 45.9 cm³/mol. The van der Waals surface area contributed by atoms with Gasteiger partial charge in [-0.15, -0.1) is 0 Å². The largest absolute Gasteiger partial charge is 0.444 e. The highest BCUT2D eigenvalue weighted by Gasteiger charge is 2.27. The number of likely N-dealkylation sites (tertiary alicyclic amines) is 1. The molecule has 1 atom stereocenters. The molecule has 5 nitrogen and oxygen atoms in total. The Kier molecular flexibility index (Phi) is 3.11. The molecule has 1 aliphatic rings. The van der Waals surface area contributed by atoms with Crippen LogP contribution in [0.3, 0.4) is 0 Å². The Labute approximate surface area is 76.8 Å². The topological polar surface area (TPSA) is 72.6 Å². The van der Waals surface area contributed by atoms with E-state index < -0.39 is 6.09 Å². The van der Waals surface area contributed by atoms with E-state index in [-0.39, 0.29) is 12.0 Å². The monoisotopic (exact) mass is 186 g/mol. The third-order valence-electron chi connectivity index (χ3n) is 2.08. The highest BCUT2D eigenvalue weighted by atomic mass is 16.6. The van der Waals surface area contributed by atoms with Crippen molar-refractivity contribution in [1.29, 1.82) is 0 Å². The average molecular weight is 186 g/mol. The van der Waals surface area contributed by atoms with Crippen LogP contribution in [0.4, 0.5) is 4.79 Å². The number of hydrogen-bond donors (Lipinski definition) is 1. The molecule has 74 valence electrons. The van der Waals surface area contributed by atoms with Crippen molar-refractivity contribution >= 4 is 12.0 Å². The molecule has 1 fully saturated rings. The van der Waals surface area contributed by atoms with Gasteiger partial charge in [-0.2, -0.15) is 0 Å². The number of nitrogens with zero attached hydrogens (tertiary/aromatic N) is 1. The van der Waals surface area contributed by atoms with E-state index in [0.717, 1.165) is 0 Å². The van der Waals surface area contributed by atoms with Crippen molar-refractivity contribution in [3.05, 3.63) is 0 Å². The molecule has 0 aromatic heterocycles. The van der Waals surface area contributed by atoms with Gasteiger partial charge >= 0.3 is 6.09 Å². The van der Waals surface area contributed by atoms with Gasteiger partial charge in [0.1, 0.15) is 6.10 Å².